The van der Waals surface area contributed by atoms with Gasteiger partial charge in [-0.1, -0.05) is 133 Å². The highest BCUT2D eigenvalue weighted by Crippen LogP contribution is 2.24. The van der Waals surface area contributed by atoms with Gasteiger partial charge in [-0.05, 0) is 34.4 Å². The Balaban J connectivity index is 1.88. The van der Waals surface area contributed by atoms with Gasteiger partial charge in [0, 0.05) is 40.4 Å². The fourth-order valence-electron chi connectivity index (χ4n) is 6.74. The average molecular weight is 784 g/mol. The van der Waals surface area contributed by atoms with Gasteiger partial charge in [-0.3, -0.25) is 14.4 Å². The number of ether oxygens (including phenoxy) is 3. The summed E-state index contributed by atoms with van der Waals surface area (Å²) in [5.74, 6) is -6.18. The molecule has 6 atom stereocenters. The highest BCUT2D eigenvalue weighted by atomic mass is 16.6. The van der Waals surface area contributed by atoms with Crippen molar-refractivity contribution < 1.29 is 43.0 Å². The summed E-state index contributed by atoms with van der Waals surface area (Å²) in [4.78, 5) is 89.9. The van der Waals surface area contributed by atoms with Crippen LogP contribution in [-0.4, -0.2) is 108 Å². The van der Waals surface area contributed by atoms with Crippen LogP contribution in [0.1, 0.15) is 58.2 Å². The van der Waals surface area contributed by atoms with E-state index < -0.39 is 89.8 Å². The largest absolute Gasteiger partial charge is 0.450 e. The number of esters is 3. The minimum atomic E-state index is -1.36. The molecule has 0 N–H and O–H groups in total. The summed E-state index contributed by atoms with van der Waals surface area (Å²) in [7, 11) is 4.31. The van der Waals surface area contributed by atoms with Crippen molar-refractivity contribution in [2.75, 3.05) is 21.1 Å². The van der Waals surface area contributed by atoms with Gasteiger partial charge in [0.05, 0.1) is 0 Å². The second-order valence-electron chi connectivity index (χ2n) is 15.8. The predicted octanol–water partition coefficient (Wildman–Crippen LogP) is 4.91. The van der Waals surface area contributed by atoms with Crippen LogP contribution in [0.15, 0.2) is 91.0 Å². The monoisotopic (exact) mass is 783 g/mol. The van der Waals surface area contributed by atoms with Gasteiger partial charge in [0.1, 0.15) is 18.1 Å². The molecular formula is C45H57N3O9. The summed E-state index contributed by atoms with van der Waals surface area (Å²) in [6, 6.07) is 23.4. The first-order chi connectivity index (χ1) is 27.0. The first kappa shape index (κ1) is 44.2. The summed E-state index contributed by atoms with van der Waals surface area (Å²) in [5, 5.41) is 0. The van der Waals surface area contributed by atoms with E-state index >= 15 is 0 Å². The van der Waals surface area contributed by atoms with E-state index in [1.54, 1.807) is 114 Å². The van der Waals surface area contributed by atoms with E-state index in [0.717, 1.165) is 16.7 Å². The van der Waals surface area contributed by atoms with Gasteiger partial charge in [0.25, 0.3) is 17.7 Å². The number of likely N-dealkylation sites (N-methyl/N-ethyl adjacent to an activating group) is 3. The molecule has 306 valence electrons. The van der Waals surface area contributed by atoms with Crippen LogP contribution in [0.2, 0.25) is 0 Å². The molecule has 1 fully saturated rings. The summed E-state index contributed by atoms with van der Waals surface area (Å²) in [5.41, 5.74) is 2.16. The molecule has 0 unspecified atom stereocenters. The van der Waals surface area contributed by atoms with Gasteiger partial charge in [0.15, 0.2) is 18.3 Å². The van der Waals surface area contributed by atoms with Crippen LogP contribution in [0.4, 0.5) is 0 Å². The lowest BCUT2D eigenvalue weighted by atomic mass is 9.99. The van der Waals surface area contributed by atoms with E-state index in [-0.39, 0.29) is 19.3 Å². The Labute approximate surface area is 336 Å². The van der Waals surface area contributed by atoms with Gasteiger partial charge in [0.2, 0.25) is 0 Å². The van der Waals surface area contributed by atoms with Crippen LogP contribution >= 0.6 is 0 Å². The molecule has 4 rings (SSSR count). The van der Waals surface area contributed by atoms with Crippen LogP contribution in [0.3, 0.4) is 0 Å². The van der Waals surface area contributed by atoms with E-state index in [9.17, 15) is 28.8 Å². The SMILES string of the molecule is CC(C)[C@@H]1OC(=O)[C@@H](Cc2ccccc2)N(C)C(=O)[C@@H](C(C)C)OC(=O)[C@@H](Cc2ccccc2)N(C)C(=O)[C@@H](C(C)C)OC(=O)[C@H](Cc2ccccc2)N(C)C1=O. The molecule has 1 saturated heterocycles. The minimum Gasteiger partial charge on any atom is -0.450 e. The fraction of sp³-hybridized carbons (Fsp3) is 0.467. The molecule has 3 aromatic rings. The Hall–Kier alpha value is -5.52. The third kappa shape index (κ3) is 11.3. The Morgan fingerprint density at radius 2 is 0.614 bits per heavy atom. The third-order valence-electron chi connectivity index (χ3n) is 10.4. The molecule has 1 aliphatic heterocycles. The van der Waals surface area contributed by atoms with Crippen molar-refractivity contribution in [1.82, 2.24) is 14.7 Å². The normalized spacial score (nSPS) is 23.7. The van der Waals surface area contributed by atoms with Crippen LogP contribution < -0.4 is 0 Å². The van der Waals surface area contributed by atoms with Crippen molar-refractivity contribution >= 4 is 35.6 Å². The smallest absolute Gasteiger partial charge is 0.329 e. The Kier molecular flexibility index (Phi) is 15.6. The molecule has 0 aliphatic carbocycles. The van der Waals surface area contributed by atoms with Gasteiger partial charge in [-0.2, -0.15) is 0 Å². The first-order valence-electron chi connectivity index (χ1n) is 19.5. The van der Waals surface area contributed by atoms with E-state index in [1.165, 1.54) is 35.8 Å². The predicted molar refractivity (Wildman–Crippen MR) is 214 cm³/mol. The maximum absolute atomic E-state index is 14.4. The molecule has 57 heavy (non-hydrogen) atoms. The Morgan fingerprint density at radius 3 is 0.807 bits per heavy atom. The molecule has 1 aliphatic rings. The lowest BCUT2D eigenvalue weighted by Gasteiger charge is -2.37. The number of amides is 3. The molecule has 3 aromatic carbocycles. The zero-order valence-corrected chi connectivity index (χ0v) is 34.5. The van der Waals surface area contributed by atoms with Crippen molar-refractivity contribution in [3.63, 3.8) is 0 Å². The van der Waals surface area contributed by atoms with Gasteiger partial charge in [-0.25, -0.2) is 14.4 Å². The van der Waals surface area contributed by atoms with Crippen molar-refractivity contribution in [3.8, 4) is 0 Å². The Morgan fingerprint density at radius 1 is 0.404 bits per heavy atom. The molecule has 3 amide bonds. The molecule has 0 radical (unpaired) electrons. The molecule has 12 nitrogen and oxygen atoms in total. The number of carbonyl (C=O) groups is 6. The maximum Gasteiger partial charge on any atom is 0.329 e. The lowest BCUT2D eigenvalue weighted by molar-refractivity contribution is -0.179. The molecular weight excluding hydrogens is 727 g/mol. The van der Waals surface area contributed by atoms with Gasteiger partial charge in [-0.15, -0.1) is 0 Å². The summed E-state index contributed by atoms with van der Waals surface area (Å²) in [6.45, 7) is 10.3. The number of nitrogens with zero attached hydrogens (tertiary/aromatic N) is 3. The van der Waals surface area contributed by atoms with Crippen LogP contribution in [0.25, 0.3) is 0 Å². The molecule has 0 spiro atoms. The Bertz CT molecular complexity index is 1620. The highest BCUT2D eigenvalue weighted by Gasteiger charge is 2.44. The number of hydrogen-bond donors (Lipinski definition) is 0. The zero-order valence-electron chi connectivity index (χ0n) is 34.5. The van der Waals surface area contributed by atoms with Gasteiger partial charge < -0.3 is 28.9 Å². The zero-order chi connectivity index (χ0) is 42.0. The van der Waals surface area contributed by atoms with E-state index in [1.807, 2.05) is 18.2 Å². The van der Waals surface area contributed by atoms with E-state index in [0.29, 0.717) is 0 Å². The average Bonchev–Trinajstić information content (AvgIpc) is 3.19. The lowest BCUT2D eigenvalue weighted by Crippen LogP contribution is -2.56. The molecule has 0 aromatic heterocycles. The number of carbonyl (C=O) groups excluding carboxylic acids is 6. The number of rotatable bonds is 9. The topological polar surface area (TPSA) is 140 Å². The highest BCUT2D eigenvalue weighted by molar-refractivity contribution is 5.94. The molecule has 0 saturated carbocycles. The van der Waals surface area contributed by atoms with Crippen LogP contribution in [0.5, 0.6) is 0 Å². The van der Waals surface area contributed by atoms with Crippen molar-refractivity contribution in [2.45, 2.75) is 97.2 Å². The summed E-state index contributed by atoms with van der Waals surface area (Å²) >= 11 is 0. The van der Waals surface area contributed by atoms with Crippen molar-refractivity contribution in [2.24, 2.45) is 17.8 Å². The first-order valence-corrected chi connectivity index (χ1v) is 19.5. The summed E-state index contributed by atoms with van der Waals surface area (Å²) < 4.78 is 18.1. The molecule has 12 heteroatoms. The maximum atomic E-state index is 14.4. The molecule has 0 bridgehead atoms. The van der Waals surface area contributed by atoms with Gasteiger partial charge >= 0.3 is 17.9 Å². The third-order valence-corrected chi connectivity index (χ3v) is 10.4. The second kappa shape index (κ2) is 20.1. The number of hydrogen-bond acceptors (Lipinski definition) is 9. The standard InChI is InChI=1S/C45H57N3O9/c1-28(2)37-40(49)46(7)35(26-32-21-15-11-16-22-32)44(53)56-39(30(5)6)42(51)48(9)36(27-33-23-17-12-18-24-33)45(54)57-38(29(3)4)41(50)47(8)34(43(52)55-37)25-31-19-13-10-14-20-31/h10-24,28-30,34-39H,25-27H2,1-9H3/t34-,35-,36+,37-,38-,39+/m1/s1. The quantitative estimate of drug-likeness (QED) is 0.219. The van der Waals surface area contributed by atoms with E-state index in [4.69, 9.17) is 14.2 Å². The second-order valence-corrected chi connectivity index (χ2v) is 15.8. The fourth-order valence-corrected chi connectivity index (χ4v) is 6.74. The number of cyclic esters (lactones) is 3. The van der Waals surface area contributed by atoms with Crippen molar-refractivity contribution in [1.29, 1.82) is 0 Å². The number of benzene rings is 3. The minimum absolute atomic E-state index is 0.0307. The molecule has 1 heterocycles. The van der Waals surface area contributed by atoms with Crippen molar-refractivity contribution in [3.05, 3.63) is 108 Å². The van der Waals surface area contributed by atoms with Crippen LogP contribution in [-0.2, 0) is 62.2 Å². The van der Waals surface area contributed by atoms with E-state index in [2.05, 4.69) is 0 Å². The van der Waals surface area contributed by atoms with Crippen LogP contribution in [0, 0.1) is 17.8 Å². The summed E-state index contributed by atoms with van der Waals surface area (Å²) in [6.07, 6.45) is -3.99.